The van der Waals surface area contributed by atoms with Gasteiger partial charge in [0.05, 0.1) is 21.3 Å². The second-order valence-electron chi connectivity index (χ2n) is 6.50. The monoisotopic (exact) mass is 435 g/mol. The van der Waals surface area contributed by atoms with Crippen molar-refractivity contribution in [3.63, 3.8) is 0 Å². The number of carbonyl (C=O) groups excluding carboxylic acids is 3. The molecule has 10 heteroatoms. The smallest absolute Gasteiger partial charge is 0.274 e. The summed E-state index contributed by atoms with van der Waals surface area (Å²) < 4.78 is 0. The number of halogens is 2. The van der Waals surface area contributed by atoms with E-state index in [-0.39, 0.29) is 38.9 Å². The molecule has 1 saturated heterocycles. The SMILES string of the molecule is C=CC(=O)N1CCC[C@@H](NC(=O)c2n[nH]cc2NC(=O)c2c(Cl)cccc2Cl)C1. The van der Waals surface area contributed by atoms with E-state index in [1.807, 2.05) is 0 Å². The molecule has 3 N–H and O–H groups in total. The normalized spacial score (nSPS) is 16.2. The van der Waals surface area contributed by atoms with Crippen molar-refractivity contribution in [2.45, 2.75) is 18.9 Å². The predicted molar refractivity (Wildman–Crippen MR) is 110 cm³/mol. The Morgan fingerprint density at radius 1 is 1.24 bits per heavy atom. The maximum absolute atomic E-state index is 12.7. The van der Waals surface area contributed by atoms with Crippen LogP contribution in [0, 0.1) is 0 Å². The van der Waals surface area contributed by atoms with Crippen LogP contribution in [0.1, 0.15) is 33.7 Å². The maximum atomic E-state index is 12.7. The lowest BCUT2D eigenvalue weighted by Gasteiger charge is -2.32. The molecule has 29 heavy (non-hydrogen) atoms. The van der Waals surface area contributed by atoms with Crippen LogP contribution in [-0.4, -0.2) is 52.0 Å². The second kappa shape index (κ2) is 9.11. The molecule has 1 aliphatic rings. The van der Waals surface area contributed by atoms with Crippen molar-refractivity contribution in [1.82, 2.24) is 20.4 Å². The first-order chi connectivity index (χ1) is 13.9. The first-order valence-corrected chi connectivity index (χ1v) is 9.67. The van der Waals surface area contributed by atoms with Crippen molar-refractivity contribution in [3.05, 3.63) is 58.4 Å². The Hall–Kier alpha value is -2.84. The summed E-state index contributed by atoms with van der Waals surface area (Å²) in [5.41, 5.74) is 0.321. The van der Waals surface area contributed by atoms with Crippen molar-refractivity contribution < 1.29 is 14.4 Å². The summed E-state index contributed by atoms with van der Waals surface area (Å²) in [6, 6.07) is 4.50. The third-order valence-corrected chi connectivity index (χ3v) is 5.17. The van der Waals surface area contributed by atoms with Gasteiger partial charge in [-0.25, -0.2) is 0 Å². The number of aromatic amines is 1. The number of nitrogens with one attached hydrogen (secondary N) is 3. The highest BCUT2D eigenvalue weighted by Crippen LogP contribution is 2.25. The van der Waals surface area contributed by atoms with Gasteiger partial charge in [0.2, 0.25) is 5.91 Å². The van der Waals surface area contributed by atoms with Gasteiger partial charge in [-0.1, -0.05) is 35.8 Å². The highest BCUT2D eigenvalue weighted by atomic mass is 35.5. The van der Waals surface area contributed by atoms with Crippen LogP contribution in [0.2, 0.25) is 10.0 Å². The Morgan fingerprint density at radius 2 is 1.97 bits per heavy atom. The average Bonchev–Trinajstić information content (AvgIpc) is 3.15. The van der Waals surface area contributed by atoms with E-state index in [0.29, 0.717) is 13.1 Å². The molecule has 0 saturated carbocycles. The fourth-order valence-electron chi connectivity index (χ4n) is 3.14. The minimum absolute atomic E-state index is 0.0219. The average molecular weight is 436 g/mol. The molecule has 1 aliphatic heterocycles. The zero-order chi connectivity index (χ0) is 21.0. The molecule has 1 atom stereocenters. The summed E-state index contributed by atoms with van der Waals surface area (Å²) >= 11 is 12.1. The summed E-state index contributed by atoms with van der Waals surface area (Å²) in [6.45, 7) is 4.50. The number of piperidine rings is 1. The predicted octanol–water partition coefficient (Wildman–Crippen LogP) is 2.88. The minimum Gasteiger partial charge on any atom is -0.346 e. The number of aromatic nitrogens is 2. The fraction of sp³-hybridized carbons (Fsp3) is 0.263. The van der Waals surface area contributed by atoms with Crippen molar-refractivity contribution in [2.75, 3.05) is 18.4 Å². The first kappa shape index (κ1) is 20.9. The lowest BCUT2D eigenvalue weighted by atomic mass is 10.1. The van der Waals surface area contributed by atoms with E-state index in [1.165, 1.54) is 12.3 Å². The number of amides is 3. The number of nitrogens with zero attached hydrogens (tertiary/aromatic N) is 2. The van der Waals surface area contributed by atoms with Crippen LogP contribution in [0.4, 0.5) is 5.69 Å². The second-order valence-corrected chi connectivity index (χ2v) is 7.31. The molecule has 2 heterocycles. The van der Waals surface area contributed by atoms with Gasteiger partial charge < -0.3 is 15.5 Å². The van der Waals surface area contributed by atoms with E-state index in [1.54, 1.807) is 23.1 Å². The topological polar surface area (TPSA) is 107 Å². The van der Waals surface area contributed by atoms with Gasteiger partial charge in [-0.2, -0.15) is 5.10 Å². The fourth-order valence-corrected chi connectivity index (χ4v) is 3.70. The zero-order valence-corrected chi connectivity index (χ0v) is 16.9. The zero-order valence-electron chi connectivity index (χ0n) is 15.4. The van der Waals surface area contributed by atoms with Gasteiger partial charge in [0.15, 0.2) is 5.69 Å². The van der Waals surface area contributed by atoms with E-state index in [2.05, 4.69) is 27.4 Å². The number of hydrogen-bond acceptors (Lipinski definition) is 4. The Labute approximate surface area is 177 Å². The molecular weight excluding hydrogens is 417 g/mol. The van der Waals surface area contributed by atoms with Crippen molar-refractivity contribution in [1.29, 1.82) is 0 Å². The van der Waals surface area contributed by atoms with Crippen LogP contribution in [0.5, 0.6) is 0 Å². The van der Waals surface area contributed by atoms with Gasteiger partial charge in [0.25, 0.3) is 11.8 Å². The number of anilines is 1. The molecule has 0 radical (unpaired) electrons. The van der Waals surface area contributed by atoms with Gasteiger partial charge in [0, 0.05) is 25.3 Å². The van der Waals surface area contributed by atoms with Crippen LogP contribution in [0.3, 0.4) is 0 Å². The lowest BCUT2D eigenvalue weighted by molar-refractivity contribution is -0.127. The number of H-pyrrole nitrogens is 1. The highest BCUT2D eigenvalue weighted by Gasteiger charge is 2.26. The standard InChI is InChI=1S/C19H19Cl2N5O3/c1-2-15(27)26-8-4-5-11(10-26)23-19(29)17-14(9-22-25-17)24-18(28)16-12(20)6-3-7-13(16)21/h2-3,6-7,9,11H,1,4-5,8,10H2,(H,22,25)(H,23,29)(H,24,28)/t11-/m1/s1. The first-order valence-electron chi connectivity index (χ1n) is 8.92. The molecule has 1 fully saturated rings. The van der Waals surface area contributed by atoms with Crippen molar-refractivity contribution in [3.8, 4) is 0 Å². The summed E-state index contributed by atoms with van der Waals surface area (Å²) in [5.74, 6) is -1.20. The van der Waals surface area contributed by atoms with Gasteiger partial charge >= 0.3 is 0 Å². The van der Waals surface area contributed by atoms with E-state index < -0.39 is 11.8 Å². The van der Waals surface area contributed by atoms with Crippen molar-refractivity contribution in [2.24, 2.45) is 0 Å². The number of carbonyl (C=O) groups is 3. The maximum Gasteiger partial charge on any atom is 0.274 e. The lowest BCUT2D eigenvalue weighted by Crippen LogP contribution is -2.49. The molecule has 2 aromatic rings. The van der Waals surface area contributed by atoms with E-state index in [0.717, 1.165) is 12.8 Å². The number of benzene rings is 1. The molecule has 3 amide bonds. The molecular formula is C19H19Cl2N5O3. The minimum atomic E-state index is -0.559. The summed E-state index contributed by atoms with van der Waals surface area (Å²) in [7, 11) is 0. The van der Waals surface area contributed by atoms with Crippen LogP contribution in [-0.2, 0) is 4.79 Å². The van der Waals surface area contributed by atoms with E-state index in [4.69, 9.17) is 23.2 Å². The van der Waals surface area contributed by atoms with Gasteiger partial charge in [-0.3, -0.25) is 19.5 Å². The Morgan fingerprint density at radius 3 is 2.66 bits per heavy atom. The van der Waals surface area contributed by atoms with Gasteiger partial charge in [-0.15, -0.1) is 0 Å². The number of likely N-dealkylation sites (tertiary alicyclic amines) is 1. The molecule has 8 nitrogen and oxygen atoms in total. The Kier molecular flexibility index (Phi) is 6.56. The van der Waals surface area contributed by atoms with Crippen LogP contribution in [0.15, 0.2) is 37.1 Å². The molecule has 1 aromatic heterocycles. The molecule has 0 bridgehead atoms. The van der Waals surface area contributed by atoms with Gasteiger partial charge in [0.1, 0.15) is 0 Å². The van der Waals surface area contributed by atoms with Crippen molar-refractivity contribution >= 4 is 46.6 Å². The third kappa shape index (κ3) is 4.78. The Balaban J connectivity index is 1.69. The molecule has 1 aromatic carbocycles. The summed E-state index contributed by atoms with van der Waals surface area (Å²) in [5, 5.41) is 12.3. The van der Waals surface area contributed by atoms with E-state index >= 15 is 0 Å². The molecule has 0 spiro atoms. The molecule has 0 aliphatic carbocycles. The third-order valence-electron chi connectivity index (χ3n) is 4.54. The van der Waals surface area contributed by atoms with Crippen LogP contribution >= 0.6 is 23.2 Å². The van der Waals surface area contributed by atoms with Gasteiger partial charge in [-0.05, 0) is 31.1 Å². The molecule has 0 unspecified atom stereocenters. The van der Waals surface area contributed by atoms with Crippen LogP contribution < -0.4 is 10.6 Å². The van der Waals surface area contributed by atoms with Crippen LogP contribution in [0.25, 0.3) is 0 Å². The number of hydrogen-bond donors (Lipinski definition) is 3. The Bertz CT molecular complexity index is 939. The molecule has 152 valence electrons. The molecule has 3 rings (SSSR count). The number of rotatable bonds is 5. The highest BCUT2D eigenvalue weighted by molar-refractivity contribution is 6.40. The van der Waals surface area contributed by atoms with E-state index in [9.17, 15) is 14.4 Å². The summed E-state index contributed by atoms with van der Waals surface area (Å²) in [4.78, 5) is 38.7. The summed E-state index contributed by atoms with van der Waals surface area (Å²) in [6.07, 6.45) is 4.14. The quantitative estimate of drug-likeness (QED) is 0.627. The largest absolute Gasteiger partial charge is 0.346 e.